The maximum atomic E-state index is 6.20. The molecular weight excluding hydrogens is 311 g/mol. The Kier molecular flexibility index (Phi) is 5.70. The zero-order valence-corrected chi connectivity index (χ0v) is 13.8. The maximum Gasteiger partial charge on any atom is 0.162 e. The Morgan fingerprint density at radius 3 is 2.10 bits per heavy atom. The molecule has 0 saturated carbocycles. The second-order valence-corrected chi connectivity index (χ2v) is 6.37. The standard InChI is InChI=1S/C15H16Cl2N2S/c1-3-5-12-13(16)18-15(19-14(12)17)10-6-8-11(9-7-10)20-4-2/h6-9H,3-5H2,1-2H3. The fraction of sp³-hybridized carbons (Fsp3) is 0.333. The minimum Gasteiger partial charge on any atom is -0.216 e. The van der Waals surface area contributed by atoms with Gasteiger partial charge in [0.05, 0.1) is 0 Å². The van der Waals surface area contributed by atoms with Gasteiger partial charge in [-0.25, -0.2) is 9.97 Å². The normalized spacial score (nSPS) is 10.8. The summed E-state index contributed by atoms with van der Waals surface area (Å²) >= 11 is 14.2. The molecule has 0 aliphatic rings. The number of aromatic nitrogens is 2. The van der Waals surface area contributed by atoms with Gasteiger partial charge in [-0.2, -0.15) is 0 Å². The first-order valence-electron chi connectivity index (χ1n) is 6.60. The summed E-state index contributed by atoms with van der Waals surface area (Å²) in [5, 5.41) is 0.905. The second kappa shape index (κ2) is 7.30. The molecule has 1 heterocycles. The summed E-state index contributed by atoms with van der Waals surface area (Å²) in [6, 6.07) is 8.13. The van der Waals surface area contributed by atoms with Crippen molar-refractivity contribution in [3.8, 4) is 11.4 Å². The van der Waals surface area contributed by atoms with Crippen molar-refractivity contribution in [2.45, 2.75) is 31.6 Å². The number of halogens is 2. The van der Waals surface area contributed by atoms with Gasteiger partial charge in [-0.05, 0) is 24.3 Å². The van der Waals surface area contributed by atoms with Gasteiger partial charge in [-0.15, -0.1) is 11.8 Å². The lowest BCUT2D eigenvalue weighted by Crippen LogP contribution is -1.97. The van der Waals surface area contributed by atoms with Crippen LogP contribution in [0, 0.1) is 0 Å². The molecule has 2 aromatic rings. The molecule has 2 rings (SSSR count). The predicted molar refractivity (Wildman–Crippen MR) is 87.9 cm³/mol. The third kappa shape index (κ3) is 3.66. The van der Waals surface area contributed by atoms with Crippen LogP contribution in [0.25, 0.3) is 11.4 Å². The van der Waals surface area contributed by atoms with Gasteiger partial charge in [-0.3, -0.25) is 0 Å². The average molecular weight is 327 g/mol. The van der Waals surface area contributed by atoms with Crippen molar-refractivity contribution >= 4 is 35.0 Å². The van der Waals surface area contributed by atoms with E-state index in [0.29, 0.717) is 16.1 Å². The lowest BCUT2D eigenvalue weighted by Gasteiger charge is -2.08. The third-order valence-electron chi connectivity index (χ3n) is 2.83. The van der Waals surface area contributed by atoms with E-state index in [1.165, 1.54) is 4.90 Å². The summed E-state index contributed by atoms with van der Waals surface area (Å²) in [4.78, 5) is 9.96. The number of rotatable bonds is 5. The first-order chi connectivity index (χ1) is 9.65. The molecule has 0 atom stereocenters. The van der Waals surface area contributed by atoms with Gasteiger partial charge in [0.15, 0.2) is 5.82 Å². The first kappa shape index (κ1) is 15.6. The fourth-order valence-electron chi connectivity index (χ4n) is 1.88. The Morgan fingerprint density at radius 2 is 1.60 bits per heavy atom. The molecule has 0 bridgehead atoms. The summed E-state index contributed by atoms with van der Waals surface area (Å²) in [7, 11) is 0. The molecule has 106 valence electrons. The third-order valence-corrected chi connectivity index (χ3v) is 4.35. The van der Waals surface area contributed by atoms with Crippen LogP contribution in [0.1, 0.15) is 25.8 Å². The van der Waals surface area contributed by atoms with Crippen LogP contribution in [0.5, 0.6) is 0 Å². The van der Waals surface area contributed by atoms with Crippen LogP contribution in [0.3, 0.4) is 0 Å². The lowest BCUT2D eigenvalue weighted by molar-refractivity contribution is 0.903. The minimum atomic E-state index is 0.453. The highest BCUT2D eigenvalue weighted by Crippen LogP contribution is 2.28. The van der Waals surface area contributed by atoms with Crippen LogP contribution in [0.2, 0.25) is 10.3 Å². The monoisotopic (exact) mass is 326 g/mol. The van der Waals surface area contributed by atoms with E-state index in [4.69, 9.17) is 23.2 Å². The molecule has 0 radical (unpaired) electrons. The van der Waals surface area contributed by atoms with Gasteiger partial charge < -0.3 is 0 Å². The van der Waals surface area contributed by atoms with E-state index in [1.807, 2.05) is 12.1 Å². The van der Waals surface area contributed by atoms with Crippen LogP contribution in [0.4, 0.5) is 0 Å². The summed E-state index contributed by atoms with van der Waals surface area (Å²) in [6.45, 7) is 4.21. The summed E-state index contributed by atoms with van der Waals surface area (Å²) in [6.07, 6.45) is 1.76. The largest absolute Gasteiger partial charge is 0.216 e. The van der Waals surface area contributed by atoms with Crippen LogP contribution in [-0.4, -0.2) is 15.7 Å². The van der Waals surface area contributed by atoms with Gasteiger partial charge in [0.2, 0.25) is 0 Å². The van der Waals surface area contributed by atoms with E-state index in [-0.39, 0.29) is 0 Å². The molecule has 1 aromatic heterocycles. The van der Waals surface area contributed by atoms with Crippen LogP contribution in [-0.2, 0) is 6.42 Å². The van der Waals surface area contributed by atoms with Crippen LogP contribution in [0.15, 0.2) is 29.2 Å². The summed E-state index contributed by atoms with van der Waals surface area (Å²) < 4.78 is 0. The molecule has 0 unspecified atom stereocenters. The Morgan fingerprint density at radius 1 is 1.00 bits per heavy atom. The van der Waals surface area contributed by atoms with Crippen molar-refractivity contribution in [3.63, 3.8) is 0 Å². The molecule has 0 amide bonds. The molecule has 0 spiro atoms. The molecular formula is C15H16Cl2N2S. The van der Waals surface area contributed by atoms with Crippen molar-refractivity contribution in [2.24, 2.45) is 0 Å². The molecule has 0 N–H and O–H groups in total. The Balaban J connectivity index is 2.33. The number of thioether (sulfide) groups is 1. The van der Waals surface area contributed by atoms with Gasteiger partial charge in [0.25, 0.3) is 0 Å². The second-order valence-electron chi connectivity index (χ2n) is 4.31. The Labute approximate surface area is 133 Å². The number of hydrogen-bond donors (Lipinski definition) is 0. The Hall–Kier alpha value is -0.770. The van der Waals surface area contributed by atoms with Crippen molar-refractivity contribution in [1.29, 1.82) is 0 Å². The SMILES string of the molecule is CCCc1c(Cl)nc(-c2ccc(SCC)cc2)nc1Cl. The van der Waals surface area contributed by atoms with E-state index in [9.17, 15) is 0 Å². The van der Waals surface area contributed by atoms with E-state index in [0.717, 1.165) is 29.7 Å². The molecule has 0 aliphatic carbocycles. The highest BCUT2D eigenvalue weighted by atomic mass is 35.5. The molecule has 1 aromatic carbocycles. The van der Waals surface area contributed by atoms with Crippen LogP contribution >= 0.6 is 35.0 Å². The van der Waals surface area contributed by atoms with Gasteiger partial charge in [0.1, 0.15) is 10.3 Å². The number of benzene rings is 1. The van der Waals surface area contributed by atoms with Gasteiger partial charge >= 0.3 is 0 Å². The zero-order valence-electron chi connectivity index (χ0n) is 11.5. The number of nitrogens with zero attached hydrogens (tertiary/aromatic N) is 2. The van der Waals surface area contributed by atoms with E-state index in [1.54, 1.807) is 11.8 Å². The molecule has 0 fully saturated rings. The first-order valence-corrected chi connectivity index (χ1v) is 8.35. The zero-order chi connectivity index (χ0) is 14.5. The van der Waals surface area contributed by atoms with Crippen molar-refractivity contribution in [1.82, 2.24) is 9.97 Å². The summed E-state index contributed by atoms with van der Waals surface area (Å²) in [5.41, 5.74) is 1.76. The quantitative estimate of drug-likeness (QED) is 0.534. The molecule has 2 nitrogen and oxygen atoms in total. The maximum absolute atomic E-state index is 6.20. The molecule has 0 aliphatic heterocycles. The highest BCUT2D eigenvalue weighted by molar-refractivity contribution is 7.99. The molecule has 5 heteroatoms. The van der Waals surface area contributed by atoms with Gasteiger partial charge in [0, 0.05) is 16.0 Å². The minimum absolute atomic E-state index is 0.453. The highest BCUT2D eigenvalue weighted by Gasteiger charge is 2.12. The van der Waals surface area contributed by atoms with E-state index >= 15 is 0 Å². The Bertz CT molecular complexity index is 562. The smallest absolute Gasteiger partial charge is 0.162 e. The van der Waals surface area contributed by atoms with Gasteiger partial charge in [-0.1, -0.05) is 55.6 Å². The summed E-state index contributed by atoms with van der Waals surface area (Å²) in [5.74, 6) is 1.63. The van der Waals surface area contributed by atoms with E-state index < -0.39 is 0 Å². The molecule has 0 saturated heterocycles. The predicted octanol–water partition coefficient (Wildman–Crippen LogP) is 5.51. The van der Waals surface area contributed by atoms with Crippen molar-refractivity contribution in [3.05, 3.63) is 40.1 Å². The van der Waals surface area contributed by atoms with Crippen LogP contribution < -0.4 is 0 Å². The lowest BCUT2D eigenvalue weighted by atomic mass is 10.2. The number of hydrogen-bond acceptors (Lipinski definition) is 3. The topological polar surface area (TPSA) is 25.8 Å². The fourth-order valence-corrected chi connectivity index (χ4v) is 3.12. The average Bonchev–Trinajstić information content (AvgIpc) is 2.44. The van der Waals surface area contributed by atoms with E-state index in [2.05, 4.69) is 35.9 Å². The molecule has 20 heavy (non-hydrogen) atoms. The van der Waals surface area contributed by atoms with Crippen molar-refractivity contribution < 1.29 is 0 Å². The van der Waals surface area contributed by atoms with Crippen molar-refractivity contribution in [2.75, 3.05) is 5.75 Å².